The molecule has 0 radical (unpaired) electrons. The van der Waals surface area contributed by atoms with Gasteiger partial charge in [0.15, 0.2) is 0 Å². The third-order valence-corrected chi connectivity index (χ3v) is 5.68. The smallest absolute Gasteiger partial charge is 0.234 e. The molecule has 1 aromatic carbocycles. The molecule has 3 amide bonds. The van der Waals surface area contributed by atoms with E-state index in [1.807, 2.05) is 12.2 Å². The molecule has 2 aliphatic carbocycles. The highest BCUT2D eigenvalue weighted by atomic mass is 35.5. The molecule has 1 saturated carbocycles. The van der Waals surface area contributed by atoms with Crippen LogP contribution in [-0.4, -0.2) is 22.6 Å². The zero-order valence-corrected chi connectivity index (χ0v) is 13.6. The van der Waals surface area contributed by atoms with Crippen LogP contribution < -0.4 is 5.73 Å². The first-order valence-corrected chi connectivity index (χ1v) is 8.44. The van der Waals surface area contributed by atoms with Crippen molar-refractivity contribution in [2.45, 2.75) is 18.9 Å². The molecule has 5 nitrogen and oxygen atoms in total. The molecule has 6 heteroatoms. The van der Waals surface area contributed by atoms with Crippen molar-refractivity contribution >= 4 is 29.3 Å². The van der Waals surface area contributed by atoms with Crippen molar-refractivity contribution in [3.8, 4) is 0 Å². The van der Waals surface area contributed by atoms with E-state index in [9.17, 15) is 14.4 Å². The van der Waals surface area contributed by atoms with E-state index in [2.05, 4.69) is 0 Å². The fourth-order valence-electron chi connectivity index (χ4n) is 4.50. The number of nitrogens with zero attached hydrogens (tertiary/aromatic N) is 1. The Labute approximate surface area is 144 Å². The van der Waals surface area contributed by atoms with E-state index in [4.69, 9.17) is 17.3 Å². The molecule has 124 valence electrons. The van der Waals surface area contributed by atoms with Crippen LogP contribution in [0, 0.1) is 23.7 Å². The Morgan fingerprint density at radius 1 is 1.21 bits per heavy atom. The van der Waals surface area contributed by atoms with E-state index in [0.29, 0.717) is 10.6 Å². The number of carbonyl (C=O) groups is 3. The van der Waals surface area contributed by atoms with E-state index in [-0.39, 0.29) is 41.9 Å². The fraction of sp³-hybridized carbons (Fsp3) is 0.389. The number of likely N-dealkylation sites (tertiary alicyclic amines) is 1. The average molecular weight is 345 g/mol. The van der Waals surface area contributed by atoms with E-state index < -0.39 is 11.9 Å². The molecular formula is C18H17ClN2O3. The summed E-state index contributed by atoms with van der Waals surface area (Å²) in [5, 5.41) is 0.489. The predicted molar refractivity (Wildman–Crippen MR) is 87.6 cm³/mol. The molecule has 2 fully saturated rings. The highest BCUT2D eigenvalue weighted by Gasteiger charge is 2.60. The maximum absolute atomic E-state index is 13.0. The number of amides is 3. The normalized spacial score (nSPS) is 31.6. The van der Waals surface area contributed by atoms with Gasteiger partial charge in [0.2, 0.25) is 17.7 Å². The van der Waals surface area contributed by atoms with Crippen LogP contribution in [0.15, 0.2) is 36.4 Å². The predicted octanol–water partition coefficient (Wildman–Crippen LogP) is 2.06. The summed E-state index contributed by atoms with van der Waals surface area (Å²) in [5.41, 5.74) is 6.03. The number of halogens is 1. The Morgan fingerprint density at radius 2 is 1.83 bits per heavy atom. The average Bonchev–Trinajstić information content (AvgIpc) is 3.20. The SMILES string of the molecule is NC(=O)CC(c1cccc(Cl)c1)N1C(=O)C2C3C=CC(C3)C2C1=O. The quantitative estimate of drug-likeness (QED) is 0.670. The monoisotopic (exact) mass is 344 g/mol. The summed E-state index contributed by atoms with van der Waals surface area (Å²) in [6, 6.07) is 6.20. The van der Waals surface area contributed by atoms with Gasteiger partial charge >= 0.3 is 0 Å². The standard InChI is InChI=1S/C18H17ClN2O3/c19-12-3-1-2-9(7-12)13(8-14(20)22)21-17(23)15-10-4-5-11(6-10)16(15)18(21)24/h1-5,7,10-11,13,15-16H,6,8H2,(H2,20,22). The van der Waals surface area contributed by atoms with Gasteiger partial charge in [0.25, 0.3) is 0 Å². The Morgan fingerprint density at radius 3 is 2.38 bits per heavy atom. The van der Waals surface area contributed by atoms with Crippen molar-refractivity contribution in [2.75, 3.05) is 0 Å². The zero-order valence-electron chi connectivity index (χ0n) is 12.9. The summed E-state index contributed by atoms with van der Waals surface area (Å²) in [4.78, 5) is 38.7. The molecule has 1 aliphatic heterocycles. The Bertz CT molecular complexity index is 745. The van der Waals surface area contributed by atoms with Crippen molar-refractivity contribution in [1.82, 2.24) is 4.90 Å². The minimum Gasteiger partial charge on any atom is -0.370 e. The van der Waals surface area contributed by atoms with Crippen molar-refractivity contribution in [1.29, 1.82) is 0 Å². The molecule has 1 saturated heterocycles. The van der Waals surface area contributed by atoms with E-state index in [0.717, 1.165) is 6.42 Å². The van der Waals surface area contributed by atoms with Gasteiger partial charge in [0.1, 0.15) is 0 Å². The second-order valence-corrected chi connectivity index (χ2v) is 7.22. The third-order valence-electron chi connectivity index (χ3n) is 5.44. The number of benzene rings is 1. The van der Waals surface area contributed by atoms with Gasteiger partial charge in [-0.25, -0.2) is 0 Å². The third kappa shape index (κ3) is 2.18. The minimum absolute atomic E-state index is 0.0972. The van der Waals surface area contributed by atoms with Crippen LogP contribution in [-0.2, 0) is 14.4 Å². The summed E-state index contributed by atoms with van der Waals surface area (Å²) in [7, 11) is 0. The minimum atomic E-state index is -0.689. The second kappa shape index (κ2) is 5.45. The van der Waals surface area contributed by atoms with Crippen LogP contribution in [0.25, 0.3) is 0 Å². The number of rotatable bonds is 4. The molecule has 5 unspecified atom stereocenters. The summed E-state index contributed by atoms with van der Waals surface area (Å²) in [6.45, 7) is 0. The number of primary amides is 1. The number of allylic oxidation sites excluding steroid dienone is 2. The largest absolute Gasteiger partial charge is 0.370 e. The molecular weight excluding hydrogens is 328 g/mol. The lowest BCUT2D eigenvalue weighted by atomic mass is 9.85. The van der Waals surface area contributed by atoms with Crippen LogP contribution in [0.1, 0.15) is 24.4 Å². The molecule has 5 atom stereocenters. The lowest BCUT2D eigenvalue weighted by Crippen LogP contribution is -2.38. The topological polar surface area (TPSA) is 80.5 Å². The first-order chi connectivity index (χ1) is 11.5. The highest BCUT2D eigenvalue weighted by Crippen LogP contribution is 2.54. The van der Waals surface area contributed by atoms with Gasteiger partial charge in [-0.15, -0.1) is 0 Å². The zero-order chi connectivity index (χ0) is 17.0. The lowest BCUT2D eigenvalue weighted by molar-refractivity contribution is -0.144. The van der Waals surface area contributed by atoms with Crippen LogP contribution in [0.5, 0.6) is 0 Å². The van der Waals surface area contributed by atoms with Gasteiger partial charge in [-0.1, -0.05) is 35.9 Å². The van der Waals surface area contributed by atoms with Crippen molar-refractivity contribution < 1.29 is 14.4 Å². The first-order valence-electron chi connectivity index (χ1n) is 8.06. The van der Waals surface area contributed by atoms with Crippen LogP contribution in [0.2, 0.25) is 5.02 Å². The molecule has 0 spiro atoms. The molecule has 4 rings (SSSR count). The number of carbonyl (C=O) groups excluding carboxylic acids is 3. The number of hydrogen-bond acceptors (Lipinski definition) is 3. The van der Waals surface area contributed by atoms with Gasteiger partial charge < -0.3 is 5.73 Å². The van der Waals surface area contributed by atoms with E-state index in [1.165, 1.54) is 4.90 Å². The Balaban J connectivity index is 1.72. The molecule has 1 aromatic rings. The molecule has 3 aliphatic rings. The summed E-state index contributed by atoms with van der Waals surface area (Å²) in [6.07, 6.45) is 4.87. The number of fused-ring (bicyclic) bond motifs is 5. The number of hydrogen-bond donors (Lipinski definition) is 1. The van der Waals surface area contributed by atoms with Crippen molar-refractivity contribution in [3.05, 3.63) is 47.0 Å². The molecule has 0 aromatic heterocycles. The van der Waals surface area contributed by atoms with Gasteiger partial charge in [0, 0.05) is 5.02 Å². The number of imide groups is 1. The molecule has 24 heavy (non-hydrogen) atoms. The first kappa shape index (κ1) is 15.4. The molecule has 2 bridgehead atoms. The highest BCUT2D eigenvalue weighted by molar-refractivity contribution is 6.30. The number of nitrogens with two attached hydrogens (primary N) is 1. The van der Waals surface area contributed by atoms with Crippen LogP contribution >= 0.6 is 11.6 Å². The van der Waals surface area contributed by atoms with Crippen LogP contribution in [0.3, 0.4) is 0 Å². The summed E-state index contributed by atoms with van der Waals surface area (Å²) < 4.78 is 0. The fourth-order valence-corrected chi connectivity index (χ4v) is 4.69. The Kier molecular flexibility index (Phi) is 3.49. The maximum Gasteiger partial charge on any atom is 0.234 e. The van der Waals surface area contributed by atoms with Crippen LogP contribution in [0.4, 0.5) is 0 Å². The second-order valence-electron chi connectivity index (χ2n) is 6.79. The van der Waals surface area contributed by atoms with Gasteiger partial charge in [0.05, 0.1) is 24.3 Å². The summed E-state index contributed by atoms with van der Waals surface area (Å²) >= 11 is 6.04. The van der Waals surface area contributed by atoms with Crippen molar-refractivity contribution in [3.63, 3.8) is 0 Å². The Hall–Kier alpha value is -2.14. The van der Waals surface area contributed by atoms with Crippen molar-refractivity contribution in [2.24, 2.45) is 29.4 Å². The molecule has 1 heterocycles. The maximum atomic E-state index is 13.0. The summed E-state index contributed by atoms with van der Waals surface area (Å²) in [5.74, 6) is -1.24. The van der Waals surface area contributed by atoms with E-state index in [1.54, 1.807) is 24.3 Å². The van der Waals surface area contributed by atoms with Gasteiger partial charge in [-0.2, -0.15) is 0 Å². The lowest BCUT2D eigenvalue weighted by Gasteiger charge is -2.27. The van der Waals surface area contributed by atoms with Gasteiger partial charge in [-0.3, -0.25) is 19.3 Å². The molecule has 2 N–H and O–H groups in total. The van der Waals surface area contributed by atoms with Gasteiger partial charge in [-0.05, 0) is 36.0 Å². The van der Waals surface area contributed by atoms with E-state index >= 15 is 0 Å².